The molecule has 0 amide bonds. The Kier molecular flexibility index (Phi) is 9.82. The van der Waals surface area contributed by atoms with Crippen LogP contribution in [0.5, 0.6) is 5.75 Å². The molecule has 0 spiro atoms. The van der Waals surface area contributed by atoms with Gasteiger partial charge in [0, 0.05) is 17.4 Å². The number of nitrogens with zero attached hydrogens (tertiary/aromatic N) is 2. The van der Waals surface area contributed by atoms with Gasteiger partial charge in [-0.2, -0.15) is 0 Å². The summed E-state index contributed by atoms with van der Waals surface area (Å²) in [5.74, 6) is 2.16. The van der Waals surface area contributed by atoms with Crippen molar-refractivity contribution in [3.8, 4) is 5.75 Å². The van der Waals surface area contributed by atoms with E-state index in [1.54, 1.807) is 6.20 Å². The third kappa shape index (κ3) is 7.10. The van der Waals surface area contributed by atoms with Crippen LogP contribution in [0.3, 0.4) is 0 Å². The number of benzene rings is 2. The van der Waals surface area contributed by atoms with Gasteiger partial charge in [-0.25, -0.2) is 4.98 Å². The summed E-state index contributed by atoms with van der Waals surface area (Å²) in [4.78, 5) is 4.61. The van der Waals surface area contributed by atoms with Crippen LogP contribution in [0.25, 0.3) is 0 Å². The average molecular weight is 564 g/mol. The highest BCUT2D eigenvalue weighted by molar-refractivity contribution is 6.30. The maximum atomic E-state index is 12.0. The summed E-state index contributed by atoms with van der Waals surface area (Å²) in [5, 5.41) is 12.7. The van der Waals surface area contributed by atoms with Crippen LogP contribution in [0.4, 0.5) is 0 Å². The molecule has 1 saturated carbocycles. The Bertz CT molecular complexity index is 1040. The normalized spacial score (nSPS) is 16.3. The lowest BCUT2D eigenvalue weighted by atomic mass is 9.73. The number of hydrogen-bond donors (Lipinski definition) is 1. The molecule has 190 valence electrons. The molecule has 7 heteroatoms. The molecule has 5 nitrogen and oxygen atoms in total. The third-order valence-corrected chi connectivity index (χ3v) is 7.12. The minimum atomic E-state index is -1.19. The minimum Gasteiger partial charge on any atom is -1.00 e. The molecule has 4 rings (SSSR count). The van der Waals surface area contributed by atoms with E-state index < -0.39 is 5.60 Å². The van der Waals surface area contributed by atoms with Crippen LogP contribution in [-0.4, -0.2) is 41.8 Å². The molecular weight excluding hydrogens is 528 g/mol. The highest BCUT2D eigenvalue weighted by Gasteiger charge is 2.44. The molecule has 0 bridgehead atoms. The lowest BCUT2D eigenvalue weighted by molar-refractivity contribution is -0.904. The molecule has 1 aromatic heterocycles. The molecule has 2 aromatic carbocycles. The molecule has 1 heterocycles. The van der Waals surface area contributed by atoms with Gasteiger partial charge in [0.05, 0.1) is 33.4 Å². The topological polar surface area (TPSA) is 55.5 Å². The van der Waals surface area contributed by atoms with E-state index in [0.29, 0.717) is 24.1 Å². The van der Waals surface area contributed by atoms with Gasteiger partial charge in [0.1, 0.15) is 12.3 Å². The quantitative estimate of drug-likeness (QED) is 0.304. The van der Waals surface area contributed by atoms with Gasteiger partial charge in [-0.3, -0.25) is 0 Å². The molecule has 3 aromatic rings. The summed E-state index contributed by atoms with van der Waals surface area (Å²) < 4.78 is 12.8. The van der Waals surface area contributed by atoms with E-state index in [1.165, 1.54) is 6.42 Å². The number of rotatable bonds is 10. The van der Waals surface area contributed by atoms with Crippen molar-refractivity contribution in [2.24, 2.45) is 5.92 Å². The van der Waals surface area contributed by atoms with Crippen molar-refractivity contribution >= 4 is 11.6 Å². The second-order valence-corrected chi connectivity index (χ2v) is 10.5. The second kappa shape index (κ2) is 12.4. The van der Waals surface area contributed by atoms with E-state index in [1.807, 2.05) is 54.6 Å². The molecule has 0 aliphatic heterocycles. The molecule has 1 aliphatic carbocycles. The molecule has 1 unspecified atom stereocenters. The van der Waals surface area contributed by atoms with Gasteiger partial charge in [0.2, 0.25) is 5.89 Å². The first-order valence-electron chi connectivity index (χ1n) is 12.3. The third-order valence-electron chi connectivity index (χ3n) is 6.86. The van der Waals surface area contributed by atoms with Gasteiger partial charge in [-0.05, 0) is 42.7 Å². The van der Waals surface area contributed by atoms with Crippen molar-refractivity contribution < 1.29 is 35.7 Å². The lowest BCUT2D eigenvalue weighted by Crippen LogP contribution is -3.00. The van der Waals surface area contributed by atoms with Crippen LogP contribution in [-0.2, 0) is 12.1 Å². The number of halogens is 2. The van der Waals surface area contributed by atoms with Crippen LogP contribution in [0.15, 0.2) is 65.2 Å². The van der Waals surface area contributed by atoms with Gasteiger partial charge in [0.25, 0.3) is 0 Å². The Labute approximate surface area is 224 Å². The van der Waals surface area contributed by atoms with E-state index in [4.69, 9.17) is 20.8 Å². The van der Waals surface area contributed by atoms with Crippen LogP contribution < -0.4 is 21.7 Å². The standard InChI is InChI=1S/C28H36ClN2O3.BrH/c1-31(2,18-9-19-33-25-16-14-24(29)15-17-25)21-26-20-30-27(34-26)28(32,22-10-5-3-6-11-22)23-12-7-4-8-13-23;/h3,5-6,10-11,14-17,20,23,32H,4,7-9,12-13,18-19,21H2,1-2H3;1H/q+1;/p-1. The average Bonchev–Trinajstić information content (AvgIpc) is 3.32. The Hall–Kier alpha value is -1.86. The van der Waals surface area contributed by atoms with Gasteiger partial charge < -0.3 is 35.7 Å². The van der Waals surface area contributed by atoms with Gasteiger partial charge >= 0.3 is 0 Å². The summed E-state index contributed by atoms with van der Waals surface area (Å²) >= 11 is 5.93. The fourth-order valence-electron chi connectivity index (χ4n) is 5.02. The molecule has 1 aliphatic rings. The van der Waals surface area contributed by atoms with Crippen LogP contribution in [0.1, 0.15) is 55.7 Å². The predicted octanol–water partition coefficient (Wildman–Crippen LogP) is 3.19. The van der Waals surface area contributed by atoms with Crippen molar-refractivity contribution in [2.75, 3.05) is 27.2 Å². The predicted molar refractivity (Wildman–Crippen MR) is 135 cm³/mol. The zero-order chi connectivity index (χ0) is 24.0. The molecule has 1 N–H and O–H groups in total. The van der Waals surface area contributed by atoms with E-state index in [0.717, 1.165) is 60.2 Å². The first-order chi connectivity index (χ1) is 16.4. The van der Waals surface area contributed by atoms with Crippen molar-refractivity contribution in [3.05, 3.63) is 83.0 Å². The van der Waals surface area contributed by atoms with Crippen molar-refractivity contribution in [2.45, 2.75) is 50.7 Å². The van der Waals surface area contributed by atoms with Gasteiger partial charge in [-0.1, -0.05) is 61.2 Å². The van der Waals surface area contributed by atoms with Crippen molar-refractivity contribution in [1.29, 1.82) is 0 Å². The first-order valence-corrected chi connectivity index (χ1v) is 12.7. The molecule has 0 radical (unpaired) electrons. The minimum absolute atomic E-state index is 0. The summed E-state index contributed by atoms with van der Waals surface area (Å²) in [6.07, 6.45) is 8.16. The van der Waals surface area contributed by atoms with Gasteiger partial charge in [-0.15, -0.1) is 0 Å². The second-order valence-electron chi connectivity index (χ2n) is 10.1. The van der Waals surface area contributed by atoms with Crippen molar-refractivity contribution in [3.63, 3.8) is 0 Å². The molecule has 1 atom stereocenters. The van der Waals surface area contributed by atoms with E-state index in [-0.39, 0.29) is 22.9 Å². The highest BCUT2D eigenvalue weighted by atomic mass is 79.9. The monoisotopic (exact) mass is 562 g/mol. The maximum Gasteiger partial charge on any atom is 0.231 e. The Morgan fingerprint density at radius 1 is 1.06 bits per heavy atom. The first kappa shape index (κ1) is 27.7. The van der Waals surface area contributed by atoms with Crippen LogP contribution in [0.2, 0.25) is 5.02 Å². The SMILES string of the molecule is C[N+](C)(CCCOc1ccc(Cl)cc1)Cc1cnc(C(O)(c2ccccc2)C2CCCCC2)o1.[Br-]. The largest absolute Gasteiger partial charge is 1.00 e. The summed E-state index contributed by atoms with van der Waals surface area (Å²) in [6, 6.07) is 17.3. The lowest BCUT2D eigenvalue weighted by Gasteiger charge is -2.36. The fourth-order valence-corrected chi connectivity index (χ4v) is 5.14. The maximum absolute atomic E-state index is 12.0. The zero-order valence-corrected chi connectivity index (χ0v) is 23.0. The summed E-state index contributed by atoms with van der Waals surface area (Å²) in [7, 11) is 4.35. The number of oxazole rings is 1. The molecule has 0 saturated heterocycles. The molecular formula is C28H36BrClN2O3. The van der Waals surface area contributed by atoms with Crippen LogP contribution >= 0.6 is 11.6 Å². The Morgan fingerprint density at radius 3 is 2.43 bits per heavy atom. The number of ether oxygens (including phenoxy) is 1. The highest BCUT2D eigenvalue weighted by Crippen LogP contribution is 2.43. The number of quaternary nitrogens is 1. The Balaban J connectivity index is 0.00000342. The molecule has 1 fully saturated rings. The molecule has 35 heavy (non-hydrogen) atoms. The summed E-state index contributed by atoms with van der Waals surface area (Å²) in [6.45, 7) is 2.26. The fraction of sp³-hybridized carbons (Fsp3) is 0.464. The van der Waals surface area contributed by atoms with E-state index >= 15 is 0 Å². The smallest absolute Gasteiger partial charge is 0.231 e. The number of aromatic nitrogens is 1. The number of aliphatic hydroxyl groups is 1. The zero-order valence-electron chi connectivity index (χ0n) is 20.6. The van der Waals surface area contributed by atoms with E-state index in [2.05, 4.69) is 19.1 Å². The summed E-state index contributed by atoms with van der Waals surface area (Å²) in [5.41, 5.74) is -0.327. The van der Waals surface area contributed by atoms with Crippen molar-refractivity contribution in [1.82, 2.24) is 4.98 Å². The van der Waals surface area contributed by atoms with E-state index in [9.17, 15) is 5.11 Å². The van der Waals surface area contributed by atoms with Crippen LogP contribution in [0, 0.1) is 5.92 Å². The number of hydrogen-bond acceptors (Lipinski definition) is 4. The Morgan fingerprint density at radius 2 is 1.74 bits per heavy atom. The van der Waals surface area contributed by atoms with Gasteiger partial charge in [0.15, 0.2) is 11.4 Å².